The first kappa shape index (κ1) is 17.0. The minimum Gasteiger partial charge on any atom is -0.508 e. The van der Waals surface area contributed by atoms with Crippen LogP contribution in [0, 0.1) is 0 Å². The number of fused-ring (bicyclic) bond motifs is 1. The van der Waals surface area contributed by atoms with Gasteiger partial charge >= 0.3 is 0 Å². The average Bonchev–Trinajstić information content (AvgIpc) is 2.89. The Bertz CT molecular complexity index is 573. The zero-order valence-electron chi connectivity index (χ0n) is 14.8. The summed E-state index contributed by atoms with van der Waals surface area (Å²) in [6.45, 7) is 14.3. The molecule has 0 spiro atoms. The van der Waals surface area contributed by atoms with Gasteiger partial charge in [-0.05, 0) is 12.0 Å². The van der Waals surface area contributed by atoms with Crippen molar-refractivity contribution >= 4 is 13.3 Å². The number of phenolic OH excluding ortho intramolecular Hbond substituents is 1. The molecule has 0 fully saturated rings. The van der Waals surface area contributed by atoms with E-state index in [0.717, 1.165) is 10.8 Å². The molecule has 0 atom stereocenters. The second-order valence-electron chi connectivity index (χ2n) is 7.30. The van der Waals surface area contributed by atoms with E-state index in [1.807, 2.05) is 6.92 Å². The molecule has 1 aliphatic rings. The Morgan fingerprint density at radius 3 is 2.36 bits per heavy atom. The van der Waals surface area contributed by atoms with E-state index in [0.29, 0.717) is 42.6 Å². The molecule has 1 aromatic rings. The first-order valence-electron chi connectivity index (χ1n) is 7.88. The van der Waals surface area contributed by atoms with Crippen LogP contribution in [-0.4, -0.2) is 33.5 Å². The van der Waals surface area contributed by atoms with Gasteiger partial charge in [-0.2, -0.15) is 0 Å². The molecule has 0 saturated carbocycles. The first-order chi connectivity index (χ1) is 10.2. The van der Waals surface area contributed by atoms with Crippen molar-refractivity contribution in [1.29, 1.82) is 0 Å². The molecule has 22 heavy (non-hydrogen) atoms. The van der Waals surface area contributed by atoms with Crippen LogP contribution in [0.3, 0.4) is 0 Å². The van der Waals surface area contributed by atoms with Gasteiger partial charge in [0.1, 0.15) is 5.75 Å². The van der Waals surface area contributed by atoms with Crippen LogP contribution in [0.1, 0.15) is 33.3 Å². The van der Waals surface area contributed by atoms with Gasteiger partial charge in [-0.3, -0.25) is 0 Å². The van der Waals surface area contributed by atoms with Gasteiger partial charge in [0.25, 0.3) is 0 Å². The molecule has 124 valence electrons. The Morgan fingerprint density at radius 2 is 1.86 bits per heavy atom. The van der Waals surface area contributed by atoms with Crippen LogP contribution in [0.15, 0.2) is 0 Å². The number of ether oxygens (including phenoxy) is 3. The number of methoxy groups -OCH3 is 1. The zero-order chi connectivity index (χ0) is 16.7. The van der Waals surface area contributed by atoms with E-state index in [4.69, 9.17) is 14.2 Å². The Labute approximate surface area is 134 Å². The lowest BCUT2D eigenvalue weighted by Gasteiger charge is -2.39. The van der Waals surface area contributed by atoms with Crippen LogP contribution in [-0.2, 0) is 6.42 Å². The van der Waals surface area contributed by atoms with Gasteiger partial charge in [-0.15, -0.1) is 0 Å². The lowest BCUT2D eigenvalue weighted by Crippen LogP contribution is -2.50. The summed E-state index contributed by atoms with van der Waals surface area (Å²) in [5.74, 6) is 2.29. The molecule has 0 bridgehead atoms. The average molecular weight is 324 g/mol. The second-order valence-corrected chi connectivity index (χ2v) is 12.6. The maximum atomic E-state index is 10.9. The van der Waals surface area contributed by atoms with Crippen molar-refractivity contribution in [3.05, 3.63) is 5.56 Å². The third-order valence-corrected chi connectivity index (χ3v) is 10.5. The molecule has 1 aromatic carbocycles. The summed E-state index contributed by atoms with van der Waals surface area (Å²) in [5.41, 5.74) is 0.865. The molecular weight excluding hydrogens is 296 g/mol. The molecule has 0 aromatic heterocycles. The van der Waals surface area contributed by atoms with Gasteiger partial charge in [0, 0.05) is 17.2 Å². The molecule has 1 heterocycles. The van der Waals surface area contributed by atoms with Crippen molar-refractivity contribution in [2.75, 3.05) is 20.3 Å². The summed E-state index contributed by atoms with van der Waals surface area (Å²) in [4.78, 5) is 0. The zero-order valence-corrected chi connectivity index (χ0v) is 15.8. The third-order valence-electron chi connectivity index (χ3n) is 5.03. The topological polar surface area (TPSA) is 47.9 Å². The van der Waals surface area contributed by atoms with Crippen molar-refractivity contribution in [3.8, 4) is 23.0 Å². The smallest absolute Gasteiger partial charge is 0.204 e. The number of hydrogen-bond donors (Lipinski definition) is 1. The quantitative estimate of drug-likeness (QED) is 0.862. The number of phenols is 1. The number of aromatic hydroxyl groups is 1. The first-order valence-corrected chi connectivity index (χ1v) is 10.9. The van der Waals surface area contributed by atoms with Gasteiger partial charge in [0.2, 0.25) is 5.75 Å². The minimum absolute atomic E-state index is 0.0783. The highest BCUT2D eigenvalue weighted by molar-refractivity contribution is 6.93. The fourth-order valence-electron chi connectivity index (χ4n) is 2.78. The Hall–Kier alpha value is -1.36. The number of hydrogen-bond acceptors (Lipinski definition) is 4. The minimum atomic E-state index is -2.00. The summed E-state index contributed by atoms with van der Waals surface area (Å²) in [7, 11) is -0.371. The van der Waals surface area contributed by atoms with Crippen molar-refractivity contribution in [1.82, 2.24) is 0 Å². The summed E-state index contributed by atoms with van der Waals surface area (Å²) < 4.78 is 17.2. The Balaban J connectivity index is 2.81. The molecule has 0 unspecified atom stereocenters. The van der Waals surface area contributed by atoms with Gasteiger partial charge in [0.15, 0.2) is 11.5 Å². The molecule has 0 radical (unpaired) electrons. The van der Waals surface area contributed by atoms with Crippen LogP contribution < -0.4 is 19.4 Å². The predicted octanol–water partition coefficient (Wildman–Crippen LogP) is 3.45. The third kappa shape index (κ3) is 2.45. The van der Waals surface area contributed by atoms with E-state index in [9.17, 15) is 5.11 Å². The maximum Gasteiger partial charge on any atom is 0.204 e. The standard InChI is InChI=1S/C17H28O4Si/c1-8-20-14-13-11(9-10-21-13)12(18)16(15(14)19-5)22(6,7)17(2,3)4/h18H,8-10H2,1-7H3. The highest BCUT2D eigenvalue weighted by Crippen LogP contribution is 2.50. The van der Waals surface area contributed by atoms with Gasteiger partial charge in [-0.25, -0.2) is 0 Å². The van der Waals surface area contributed by atoms with Gasteiger partial charge in [-0.1, -0.05) is 33.9 Å². The van der Waals surface area contributed by atoms with E-state index in [2.05, 4.69) is 33.9 Å². The molecule has 2 rings (SSSR count). The van der Waals surface area contributed by atoms with Crippen molar-refractivity contribution in [3.63, 3.8) is 0 Å². The van der Waals surface area contributed by atoms with Gasteiger partial charge < -0.3 is 19.3 Å². The summed E-state index contributed by atoms with van der Waals surface area (Å²) in [5, 5.41) is 12.0. The largest absolute Gasteiger partial charge is 0.508 e. The Morgan fingerprint density at radius 1 is 1.23 bits per heavy atom. The van der Waals surface area contributed by atoms with Crippen molar-refractivity contribution in [2.45, 2.75) is 52.2 Å². The number of benzene rings is 1. The van der Waals surface area contributed by atoms with Crippen molar-refractivity contribution < 1.29 is 19.3 Å². The normalized spacial score (nSPS) is 14.5. The molecule has 1 N–H and O–H groups in total. The van der Waals surface area contributed by atoms with Crippen LogP contribution in [0.4, 0.5) is 0 Å². The number of rotatable bonds is 4. The maximum absolute atomic E-state index is 10.9. The van der Waals surface area contributed by atoms with E-state index in [1.165, 1.54) is 0 Å². The summed E-state index contributed by atoms with van der Waals surface area (Å²) >= 11 is 0. The summed E-state index contributed by atoms with van der Waals surface area (Å²) in [6.07, 6.45) is 0.715. The SMILES string of the molecule is CCOc1c2c(c(O)c([Si](C)(C)C(C)(C)C)c1OC)CCO2. The second kappa shape index (κ2) is 5.69. The molecule has 0 aliphatic carbocycles. The van der Waals surface area contributed by atoms with E-state index in [-0.39, 0.29) is 5.04 Å². The predicted molar refractivity (Wildman–Crippen MR) is 91.9 cm³/mol. The lowest BCUT2D eigenvalue weighted by molar-refractivity contribution is 0.280. The van der Waals surface area contributed by atoms with Crippen LogP contribution in [0.5, 0.6) is 23.0 Å². The molecular formula is C17H28O4Si. The van der Waals surface area contributed by atoms with Crippen LogP contribution >= 0.6 is 0 Å². The van der Waals surface area contributed by atoms with E-state index < -0.39 is 8.07 Å². The molecule has 5 heteroatoms. The monoisotopic (exact) mass is 324 g/mol. The van der Waals surface area contributed by atoms with Crippen LogP contribution in [0.25, 0.3) is 0 Å². The Kier molecular flexibility index (Phi) is 4.39. The van der Waals surface area contributed by atoms with Crippen LogP contribution in [0.2, 0.25) is 18.1 Å². The fourth-order valence-corrected chi connectivity index (χ4v) is 5.06. The molecule has 4 nitrogen and oxygen atoms in total. The highest BCUT2D eigenvalue weighted by atomic mass is 28.3. The van der Waals surface area contributed by atoms with Gasteiger partial charge in [0.05, 0.1) is 28.4 Å². The molecule has 0 amide bonds. The summed E-state index contributed by atoms with van der Waals surface area (Å²) in [6, 6.07) is 0. The molecule has 0 saturated heterocycles. The van der Waals surface area contributed by atoms with E-state index in [1.54, 1.807) is 7.11 Å². The highest BCUT2D eigenvalue weighted by Gasteiger charge is 2.44. The fraction of sp³-hybridized carbons (Fsp3) is 0.647. The lowest BCUT2D eigenvalue weighted by atomic mass is 10.1. The molecule has 1 aliphatic heterocycles. The van der Waals surface area contributed by atoms with E-state index >= 15 is 0 Å². The van der Waals surface area contributed by atoms with Crippen molar-refractivity contribution in [2.24, 2.45) is 0 Å².